The number of ether oxygens (including phenoxy) is 6. The van der Waals surface area contributed by atoms with E-state index in [0.717, 1.165) is 12.2 Å². The molecule has 0 aromatic carbocycles. The zero-order valence-electron chi connectivity index (χ0n) is 15.9. The van der Waals surface area contributed by atoms with Gasteiger partial charge in [0.05, 0.1) is 32.7 Å². The predicted octanol–water partition coefficient (Wildman–Crippen LogP) is 0.691. The Morgan fingerprint density at radius 3 is 1.86 bits per heavy atom. The average Bonchev–Trinajstić information content (AvgIpc) is 2.68. The van der Waals surface area contributed by atoms with E-state index in [0.29, 0.717) is 0 Å². The van der Waals surface area contributed by atoms with Gasteiger partial charge in [0.15, 0.2) is 6.29 Å². The highest BCUT2D eigenvalue weighted by molar-refractivity contribution is 5.81. The molecule has 0 aromatic rings. The zero-order chi connectivity index (χ0) is 21.2. The Morgan fingerprint density at radius 1 is 0.750 bits per heavy atom. The van der Waals surface area contributed by atoms with Gasteiger partial charge in [0.1, 0.15) is 19.8 Å². The fraction of sp³-hybridized carbons (Fsp3) is 0.556. The van der Waals surface area contributed by atoms with Crippen LogP contribution in [0.2, 0.25) is 0 Å². The topological polar surface area (TPSA) is 124 Å². The van der Waals surface area contributed by atoms with Gasteiger partial charge in [-0.05, 0) is 6.92 Å². The van der Waals surface area contributed by atoms with Crippen molar-refractivity contribution in [1.29, 1.82) is 0 Å². The Balaban J connectivity index is 3.63. The summed E-state index contributed by atoms with van der Waals surface area (Å²) in [5.41, 5.74) is 0. The van der Waals surface area contributed by atoms with Gasteiger partial charge < -0.3 is 28.4 Å². The summed E-state index contributed by atoms with van der Waals surface area (Å²) in [5, 5.41) is 0. The lowest BCUT2D eigenvalue weighted by molar-refractivity contribution is -0.178. The van der Waals surface area contributed by atoms with Gasteiger partial charge in [-0.25, -0.2) is 9.59 Å². The highest BCUT2D eigenvalue weighted by Crippen LogP contribution is 2.01. The number of hydrogen-bond donors (Lipinski definition) is 0. The summed E-state index contributed by atoms with van der Waals surface area (Å²) < 4.78 is 29.5. The van der Waals surface area contributed by atoms with Gasteiger partial charge in [0.2, 0.25) is 0 Å². The Kier molecular flexibility index (Phi) is 14.9. The van der Waals surface area contributed by atoms with E-state index in [1.54, 1.807) is 0 Å². The van der Waals surface area contributed by atoms with Crippen LogP contribution in [0.1, 0.15) is 19.8 Å². The Bertz CT molecular complexity index is 528. The van der Waals surface area contributed by atoms with E-state index in [1.165, 1.54) is 6.92 Å². The van der Waals surface area contributed by atoms with Crippen molar-refractivity contribution in [3.63, 3.8) is 0 Å². The van der Waals surface area contributed by atoms with E-state index in [-0.39, 0.29) is 52.5 Å². The standard InChI is InChI=1S/C18H26O10/c1-4-15(19)25-11-9-23-8-10-24-14(3)28-18(22)7-6-17(21)27-13-12-26-16(20)5-2/h4-5,14H,1-2,6-13H2,3H3. The highest BCUT2D eigenvalue weighted by atomic mass is 16.7. The largest absolute Gasteiger partial charge is 0.462 e. The molecule has 0 radical (unpaired) electrons. The summed E-state index contributed by atoms with van der Waals surface area (Å²) >= 11 is 0. The third-order valence-corrected chi connectivity index (χ3v) is 2.81. The number of rotatable bonds is 16. The Hall–Kier alpha value is -2.72. The van der Waals surface area contributed by atoms with Crippen molar-refractivity contribution in [2.24, 2.45) is 0 Å². The molecular formula is C18H26O10. The minimum absolute atomic E-state index is 0.0926. The fourth-order valence-electron chi connectivity index (χ4n) is 1.55. The van der Waals surface area contributed by atoms with Crippen molar-refractivity contribution in [2.45, 2.75) is 26.1 Å². The van der Waals surface area contributed by atoms with Crippen molar-refractivity contribution in [1.82, 2.24) is 0 Å². The zero-order valence-corrected chi connectivity index (χ0v) is 15.9. The molecule has 10 nitrogen and oxygen atoms in total. The lowest BCUT2D eigenvalue weighted by atomic mass is 10.3. The van der Waals surface area contributed by atoms with Gasteiger partial charge >= 0.3 is 23.9 Å². The lowest BCUT2D eigenvalue weighted by Gasteiger charge is -2.14. The molecule has 0 saturated heterocycles. The molecule has 0 aliphatic heterocycles. The van der Waals surface area contributed by atoms with E-state index in [4.69, 9.17) is 23.7 Å². The summed E-state index contributed by atoms with van der Waals surface area (Å²) in [6.07, 6.45) is 0.884. The normalized spacial score (nSPS) is 11.0. The molecule has 0 amide bonds. The first kappa shape index (κ1) is 25.3. The average molecular weight is 402 g/mol. The van der Waals surface area contributed by atoms with Gasteiger partial charge in [-0.1, -0.05) is 13.2 Å². The summed E-state index contributed by atoms with van der Waals surface area (Å²) in [4.78, 5) is 44.6. The second kappa shape index (κ2) is 16.5. The first-order valence-corrected chi connectivity index (χ1v) is 8.51. The molecule has 1 unspecified atom stereocenters. The first-order chi connectivity index (χ1) is 13.4. The molecule has 10 heteroatoms. The van der Waals surface area contributed by atoms with Gasteiger partial charge in [-0.3, -0.25) is 9.59 Å². The van der Waals surface area contributed by atoms with E-state index < -0.39 is 30.2 Å². The number of carbonyl (C=O) groups excluding carboxylic acids is 4. The van der Waals surface area contributed by atoms with Crippen LogP contribution in [0.3, 0.4) is 0 Å². The summed E-state index contributed by atoms with van der Waals surface area (Å²) in [5.74, 6) is -2.39. The molecule has 158 valence electrons. The second-order valence-corrected chi connectivity index (χ2v) is 5.00. The van der Waals surface area contributed by atoms with Gasteiger partial charge in [-0.2, -0.15) is 0 Å². The summed E-state index contributed by atoms with van der Waals surface area (Å²) in [7, 11) is 0. The van der Waals surface area contributed by atoms with Crippen LogP contribution < -0.4 is 0 Å². The molecule has 0 aliphatic rings. The second-order valence-electron chi connectivity index (χ2n) is 5.00. The smallest absolute Gasteiger partial charge is 0.330 e. The Morgan fingerprint density at radius 2 is 1.25 bits per heavy atom. The monoisotopic (exact) mass is 402 g/mol. The van der Waals surface area contributed by atoms with Crippen molar-refractivity contribution < 1.29 is 47.6 Å². The van der Waals surface area contributed by atoms with Gasteiger partial charge in [0, 0.05) is 12.2 Å². The molecular weight excluding hydrogens is 376 g/mol. The quantitative estimate of drug-likeness (QED) is 0.120. The molecule has 0 aliphatic carbocycles. The summed E-state index contributed by atoms with van der Waals surface area (Å²) in [6.45, 7) is 8.48. The van der Waals surface area contributed by atoms with Crippen LogP contribution in [0, 0.1) is 0 Å². The first-order valence-electron chi connectivity index (χ1n) is 8.51. The molecule has 0 fully saturated rings. The van der Waals surface area contributed by atoms with Crippen LogP contribution in [0.4, 0.5) is 0 Å². The van der Waals surface area contributed by atoms with Crippen molar-refractivity contribution >= 4 is 23.9 Å². The highest BCUT2D eigenvalue weighted by Gasteiger charge is 2.13. The van der Waals surface area contributed by atoms with E-state index in [2.05, 4.69) is 17.9 Å². The minimum atomic E-state index is -0.816. The number of hydrogen-bond acceptors (Lipinski definition) is 10. The van der Waals surface area contributed by atoms with Crippen LogP contribution in [-0.2, 0) is 47.6 Å². The maximum Gasteiger partial charge on any atom is 0.330 e. The third kappa shape index (κ3) is 15.5. The maximum atomic E-state index is 11.6. The predicted molar refractivity (Wildman–Crippen MR) is 94.8 cm³/mol. The molecule has 0 aromatic heterocycles. The lowest BCUT2D eigenvalue weighted by Crippen LogP contribution is -2.21. The van der Waals surface area contributed by atoms with Crippen molar-refractivity contribution in [3.05, 3.63) is 25.3 Å². The summed E-state index contributed by atoms with van der Waals surface area (Å²) in [6, 6.07) is 0. The fourth-order valence-corrected chi connectivity index (χ4v) is 1.55. The van der Waals surface area contributed by atoms with Crippen LogP contribution >= 0.6 is 0 Å². The molecule has 0 N–H and O–H groups in total. The van der Waals surface area contributed by atoms with E-state index in [1.807, 2.05) is 0 Å². The van der Waals surface area contributed by atoms with Crippen molar-refractivity contribution in [2.75, 3.05) is 39.6 Å². The van der Waals surface area contributed by atoms with Crippen molar-refractivity contribution in [3.8, 4) is 0 Å². The number of carbonyl (C=O) groups is 4. The minimum Gasteiger partial charge on any atom is -0.462 e. The van der Waals surface area contributed by atoms with Crippen LogP contribution in [0.5, 0.6) is 0 Å². The molecule has 28 heavy (non-hydrogen) atoms. The molecule has 1 atom stereocenters. The molecule has 0 spiro atoms. The maximum absolute atomic E-state index is 11.6. The van der Waals surface area contributed by atoms with Crippen LogP contribution in [0.25, 0.3) is 0 Å². The van der Waals surface area contributed by atoms with Gasteiger partial charge in [0.25, 0.3) is 0 Å². The van der Waals surface area contributed by atoms with E-state index in [9.17, 15) is 19.2 Å². The molecule has 0 saturated carbocycles. The Labute approximate surface area is 163 Å². The van der Waals surface area contributed by atoms with Crippen LogP contribution in [-0.4, -0.2) is 69.8 Å². The number of esters is 4. The third-order valence-electron chi connectivity index (χ3n) is 2.81. The SMILES string of the molecule is C=CC(=O)OCCOCCOC(C)OC(=O)CCC(=O)OCCOC(=O)C=C. The molecule has 0 rings (SSSR count). The molecule has 0 bridgehead atoms. The van der Waals surface area contributed by atoms with Crippen LogP contribution in [0.15, 0.2) is 25.3 Å². The van der Waals surface area contributed by atoms with E-state index >= 15 is 0 Å². The molecule has 0 heterocycles. The van der Waals surface area contributed by atoms with Gasteiger partial charge in [-0.15, -0.1) is 0 Å².